The first-order chi connectivity index (χ1) is 20.2. The molecule has 5 aliphatic carbocycles. The van der Waals surface area contributed by atoms with Gasteiger partial charge in [-0.3, -0.25) is 0 Å². The highest BCUT2D eigenvalue weighted by Crippen LogP contribution is 2.44. The van der Waals surface area contributed by atoms with E-state index in [9.17, 15) is 0 Å². The lowest BCUT2D eigenvalue weighted by molar-refractivity contribution is 0.431. The summed E-state index contributed by atoms with van der Waals surface area (Å²) in [6.45, 7) is 5.58. The standard InChI is InChI=1S/C39H52N2/c1-3-13-33(27-40)37-25-24-36(38-20-10-11-21-39(37)38)29(2)22-23-34(28-41-35-18-8-5-9-19-35)32-17-12-16-31(26-32)30-14-6-4-7-15-30/h8,10-14,16-18,20-21,23,27,29,31,35,37,39-41H,3-7,9,15,19,22,24-26,28H2,1-2H3/b33-13+,34-23+,40-27?. The molecule has 218 valence electrons. The van der Waals surface area contributed by atoms with E-state index in [4.69, 9.17) is 5.41 Å². The monoisotopic (exact) mass is 548 g/mol. The van der Waals surface area contributed by atoms with Crippen LogP contribution in [0.2, 0.25) is 0 Å². The summed E-state index contributed by atoms with van der Waals surface area (Å²) in [6, 6.07) is 0.500. The molecule has 0 heterocycles. The molecule has 5 rings (SSSR count). The minimum atomic E-state index is 0.407. The molecule has 0 saturated heterocycles. The lowest BCUT2D eigenvalue weighted by atomic mass is 9.68. The van der Waals surface area contributed by atoms with Gasteiger partial charge in [-0.25, -0.2) is 0 Å². The normalized spacial score (nSPS) is 29.2. The van der Waals surface area contributed by atoms with Crippen molar-refractivity contribution >= 4 is 6.21 Å². The van der Waals surface area contributed by atoms with Crippen LogP contribution in [0.5, 0.6) is 0 Å². The van der Waals surface area contributed by atoms with Crippen molar-refractivity contribution in [1.29, 1.82) is 5.41 Å². The minimum absolute atomic E-state index is 0.407. The number of nitrogens with one attached hydrogen (secondary N) is 2. The molecule has 0 spiro atoms. The van der Waals surface area contributed by atoms with Gasteiger partial charge >= 0.3 is 0 Å². The molecule has 5 unspecified atom stereocenters. The fraction of sp³-hybridized carbons (Fsp3) is 0.513. The molecule has 5 aliphatic rings. The maximum absolute atomic E-state index is 8.06. The van der Waals surface area contributed by atoms with Gasteiger partial charge in [-0.15, -0.1) is 0 Å². The largest absolute Gasteiger partial charge is 0.308 e. The first-order valence-corrected chi connectivity index (χ1v) is 16.6. The van der Waals surface area contributed by atoms with Crippen LogP contribution in [-0.4, -0.2) is 18.8 Å². The van der Waals surface area contributed by atoms with Gasteiger partial charge in [0.15, 0.2) is 0 Å². The smallest absolute Gasteiger partial charge is 0.0253 e. The molecule has 2 nitrogen and oxygen atoms in total. The molecule has 0 aromatic heterocycles. The molecule has 5 atom stereocenters. The predicted molar refractivity (Wildman–Crippen MR) is 177 cm³/mol. The first-order valence-electron chi connectivity index (χ1n) is 16.6. The third-order valence-electron chi connectivity index (χ3n) is 10.0. The van der Waals surface area contributed by atoms with Crippen LogP contribution in [0.15, 0.2) is 106 Å². The van der Waals surface area contributed by atoms with Crippen LogP contribution in [0.25, 0.3) is 0 Å². The Morgan fingerprint density at radius 1 is 1.02 bits per heavy atom. The van der Waals surface area contributed by atoms with E-state index in [0.29, 0.717) is 29.7 Å². The molecule has 0 aromatic carbocycles. The molecule has 0 aliphatic heterocycles. The van der Waals surface area contributed by atoms with E-state index >= 15 is 0 Å². The fourth-order valence-corrected chi connectivity index (χ4v) is 7.70. The van der Waals surface area contributed by atoms with Gasteiger partial charge in [0, 0.05) is 30.6 Å². The van der Waals surface area contributed by atoms with Gasteiger partial charge in [0.05, 0.1) is 0 Å². The van der Waals surface area contributed by atoms with Crippen LogP contribution in [0.1, 0.15) is 90.9 Å². The van der Waals surface area contributed by atoms with Gasteiger partial charge in [-0.2, -0.15) is 0 Å². The second-order valence-electron chi connectivity index (χ2n) is 12.8. The maximum atomic E-state index is 8.06. The Balaban J connectivity index is 1.35. The molecular formula is C39H52N2. The summed E-state index contributed by atoms with van der Waals surface area (Å²) < 4.78 is 0. The Morgan fingerprint density at radius 3 is 2.73 bits per heavy atom. The highest BCUT2D eigenvalue weighted by molar-refractivity contribution is 5.77. The lowest BCUT2D eigenvalue weighted by Gasteiger charge is -2.36. The number of allylic oxidation sites excluding steroid dienone is 15. The van der Waals surface area contributed by atoms with Crippen LogP contribution in [0, 0.1) is 29.1 Å². The van der Waals surface area contributed by atoms with E-state index in [0.717, 1.165) is 38.6 Å². The summed E-state index contributed by atoms with van der Waals surface area (Å²) in [5, 5.41) is 12.0. The van der Waals surface area contributed by atoms with Gasteiger partial charge in [0.25, 0.3) is 0 Å². The summed E-state index contributed by atoms with van der Waals surface area (Å²) in [6.07, 6.45) is 44.6. The Kier molecular flexibility index (Phi) is 10.9. The first kappa shape index (κ1) is 29.8. The van der Waals surface area contributed by atoms with Gasteiger partial charge in [0.1, 0.15) is 0 Å². The predicted octanol–water partition coefficient (Wildman–Crippen LogP) is 10.1. The highest BCUT2D eigenvalue weighted by atomic mass is 14.9. The van der Waals surface area contributed by atoms with E-state index in [1.165, 1.54) is 67.2 Å². The second kappa shape index (κ2) is 15.0. The van der Waals surface area contributed by atoms with E-state index in [1.54, 1.807) is 17.4 Å². The third kappa shape index (κ3) is 7.58. The summed E-state index contributed by atoms with van der Waals surface area (Å²) in [4.78, 5) is 0. The fourth-order valence-electron chi connectivity index (χ4n) is 7.70. The van der Waals surface area contributed by atoms with Crippen LogP contribution < -0.4 is 5.32 Å². The van der Waals surface area contributed by atoms with E-state index in [2.05, 4.69) is 92.1 Å². The third-order valence-corrected chi connectivity index (χ3v) is 10.0. The number of hydrogen-bond donors (Lipinski definition) is 2. The van der Waals surface area contributed by atoms with Crippen molar-refractivity contribution in [3.63, 3.8) is 0 Å². The van der Waals surface area contributed by atoms with Gasteiger partial charge in [-0.1, -0.05) is 97.9 Å². The summed E-state index contributed by atoms with van der Waals surface area (Å²) in [5.74, 6) is 1.93. The van der Waals surface area contributed by atoms with Crippen molar-refractivity contribution in [1.82, 2.24) is 5.32 Å². The summed E-state index contributed by atoms with van der Waals surface area (Å²) in [5.41, 5.74) is 9.07. The lowest BCUT2D eigenvalue weighted by Crippen LogP contribution is -2.31. The minimum Gasteiger partial charge on any atom is -0.308 e. The average molecular weight is 549 g/mol. The average Bonchev–Trinajstić information content (AvgIpc) is 3.04. The molecule has 0 amide bonds. The van der Waals surface area contributed by atoms with Crippen molar-refractivity contribution in [2.24, 2.45) is 23.7 Å². The van der Waals surface area contributed by atoms with E-state index in [-0.39, 0.29) is 0 Å². The Hall–Kier alpha value is -2.71. The Labute approximate surface area is 250 Å². The topological polar surface area (TPSA) is 35.9 Å². The second-order valence-corrected chi connectivity index (χ2v) is 12.8. The van der Waals surface area contributed by atoms with Gasteiger partial charge in [0.2, 0.25) is 0 Å². The van der Waals surface area contributed by atoms with Crippen molar-refractivity contribution in [2.45, 2.75) is 96.9 Å². The van der Waals surface area contributed by atoms with Crippen molar-refractivity contribution in [3.05, 3.63) is 106 Å². The van der Waals surface area contributed by atoms with E-state index in [1.807, 2.05) is 0 Å². The molecule has 0 aromatic rings. The summed E-state index contributed by atoms with van der Waals surface area (Å²) >= 11 is 0. The van der Waals surface area contributed by atoms with Crippen molar-refractivity contribution < 1.29 is 0 Å². The quantitative estimate of drug-likeness (QED) is 0.195. The molecular weight excluding hydrogens is 496 g/mol. The van der Waals surface area contributed by atoms with Crippen LogP contribution in [0.3, 0.4) is 0 Å². The zero-order valence-corrected chi connectivity index (χ0v) is 25.6. The van der Waals surface area contributed by atoms with Crippen LogP contribution in [0.4, 0.5) is 0 Å². The Bertz CT molecular complexity index is 1210. The van der Waals surface area contributed by atoms with Crippen molar-refractivity contribution in [2.75, 3.05) is 6.54 Å². The number of rotatable bonds is 11. The van der Waals surface area contributed by atoms with Crippen LogP contribution >= 0.6 is 0 Å². The van der Waals surface area contributed by atoms with Crippen LogP contribution in [-0.2, 0) is 0 Å². The molecule has 2 N–H and O–H groups in total. The summed E-state index contributed by atoms with van der Waals surface area (Å²) in [7, 11) is 0. The maximum Gasteiger partial charge on any atom is 0.0253 e. The van der Waals surface area contributed by atoms with E-state index < -0.39 is 0 Å². The number of hydrogen-bond acceptors (Lipinski definition) is 2. The molecule has 0 fully saturated rings. The zero-order valence-electron chi connectivity index (χ0n) is 25.6. The van der Waals surface area contributed by atoms with Gasteiger partial charge in [-0.05, 0) is 111 Å². The molecule has 0 bridgehead atoms. The molecule has 2 heteroatoms. The van der Waals surface area contributed by atoms with Crippen molar-refractivity contribution in [3.8, 4) is 0 Å². The number of fused-ring (bicyclic) bond motifs is 1. The molecule has 41 heavy (non-hydrogen) atoms. The Morgan fingerprint density at radius 2 is 1.95 bits per heavy atom. The highest BCUT2D eigenvalue weighted by Gasteiger charge is 2.32. The van der Waals surface area contributed by atoms with Gasteiger partial charge < -0.3 is 10.7 Å². The SMILES string of the molecule is CC/C=C(\C=N)C1CCC(C(C)C/C=C(\CNC2C=CCCC2)C2=CC=CC(C3=CCCCC3)C2)=C2C=CC=CC21. The molecule has 0 saturated carbocycles. The molecule has 0 radical (unpaired) electrons. The zero-order chi connectivity index (χ0) is 28.4.